The zero-order valence-corrected chi connectivity index (χ0v) is 15.8. The second kappa shape index (κ2) is 8.88. The summed E-state index contributed by atoms with van der Waals surface area (Å²) in [6.45, 7) is 2.35. The van der Waals surface area contributed by atoms with Gasteiger partial charge in [-0.15, -0.1) is 0 Å². The Balaban J connectivity index is 1.37. The summed E-state index contributed by atoms with van der Waals surface area (Å²) in [5, 5.41) is 0. The van der Waals surface area contributed by atoms with Crippen LogP contribution in [0.4, 0.5) is 0 Å². The summed E-state index contributed by atoms with van der Waals surface area (Å²) < 4.78 is 5.55. The van der Waals surface area contributed by atoms with Crippen molar-refractivity contribution in [3.63, 3.8) is 0 Å². The molecule has 0 saturated heterocycles. The molecule has 1 nitrogen and oxygen atoms in total. The smallest absolute Gasteiger partial charge is 0.0571 e. The fourth-order valence-electron chi connectivity index (χ4n) is 6.24. The Hall–Kier alpha value is -0.0400. The molecule has 0 radical (unpaired) electrons. The summed E-state index contributed by atoms with van der Waals surface area (Å²) in [5.74, 6) is 5.34. The largest absolute Gasteiger partial charge is 0.381 e. The van der Waals surface area contributed by atoms with Crippen LogP contribution >= 0.6 is 0 Å². The molecule has 0 amide bonds. The molecular formula is C22H40O. The third-order valence-electron chi connectivity index (χ3n) is 7.79. The van der Waals surface area contributed by atoms with Crippen LogP contribution in [0.3, 0.4) is 0 Å². The highest BCUT2D eigenvalue weighted by Crippen LogP contribution is 2.45. The molecule has 1 heteroatoms. The topological polar surface area (TPSA) is 9.23 Å². The highest BCUT2D eigenvalue weighted by Gasteiger charge is 2.34. The molecule has 3 fully saturated rings. The first kappa shape index (κ1) is 17.8. The van der Waals surface area contributed by atoms with Gasteiger partial charge in [-0.1, -0.05) is 32.6 Å². The molecule has 0 aromatic carbocycles. The number of rotatable bonds is 5. The van der Waals surface area contributed by atoms with Gasteiger partial charge in [0.1, 0.15) is 0 Å². The fraction of sp³-hybridized carbons (Fsp3) is 1.00. The van der Waals surface area contributed by atoms with E-state index in [2.05, 4.69) is 6.92 Å². The quantitative estimate of drug-likeness (QED) is 0.554. The van der Waals surface area contributed by atoms with Gasteiger partial charge in [0, 0.05) is 7.11 Å². The first-order valence-corrected chi connectivity index (χ1v) is 10.8. The Morgan fingerprint density at radius 1 is 0.609 bits per heavy atom. The first-order chi connectivity index (χ1) is 11.3. The van der Waals surface area contributed by atoms with Crippen LogP contribution in [0.2, 0.25) is 0 Å². The van der Waals surface area contributed by atoms with Crippen LogP contribution in [0.1, 0.15) is 96.8 Å². The molecular weight excluding hydrogens is 280 g/mol. The van der Waals surface area contributed by atoms with Crippen molar-refractivity contribution in [2.24, 2.45) is 29.6 Å². The van der Waals surface area contributed by atoms with Crippen LogP contribution in [0.25, 0.3) is 0 Å². The van der Waals surface area contributed by atoms with E-state index in [1.54, 1.807) is 51.4 Å². The van der Waals surface area contributed by atoms with Crippen molar-refractivity contribution in [2.45, 2.75) is 103 Å². The Morgan fingerprint density at radius 2 is 1.00 bits per heavy atom. The van der Waals surface area contributed by atoms with Crippen LogP contribution < -0.4 is 0 Å². The van der Waals surface area contributed by atoms with E-state index in [0.29, 0.717) is 6.10 Å². The van der Waals surface area contributed by atoms with Crippen LogP contribution in [-0.2, 0) is 4.74 Å². The maximum atomic E-state index is 5.55. The molecule has 0 spiro atoms. The molecule has 0 bridgehead atoms. The molecule has 23 heavy (non-hydrogen) atoms. The predicted molar refractivity (Wildman–Crippen MR) is 98.6 cm³/mol. The number of ether oxygens (including phenoxy) is 1. The fourth-order valence-corrected chi connectivity index (χ4v) is 6.24. The van der Waals surface area contributed by atoms with Gasteiger partial charge < -0.3 is 4.74 Å². The molecule has 0 aromatic rings. The molecule has 0 aromatic heterocycles. The summed E-state index contributed by atoms with van der Waals surface area (Å²) in [4.78, 5) is 0. The van der Waals surface area contributed by atoms with Gasteiger partial charge in [0.15, 0.2) is 0 Å². The van der Waals surface area contributed by atoms with Crippen LogP contribution in [0.5, 0.6) is 0 Å². The third kappa shape index (κ3) is 4.74. The van der Waals surface area contributed by atoms with Gasteiger partial charge in [-0.2, -0.15) is 0 Å². The molecule has 3 saturated carbocycles. The monoisotopic (exact) mass is 320 g/mol. The number of methoxy groups -OCH3 is 1. The van der Waals surface area contributed by atoms with Crippen molar-refractivity contribution < 1.29 is 4.74 Å². The van der Waals surface area contributed by atoms with Crippen molar-refractivity contribution in [3.05, 3.63) is 0 Å². The van der Waals surface area contributed by atoms with Crippen LogP contribution in [0.15, 0.2) is 0 Å². The van der Waals surface area contributed by atoms with Gasteiger partial charge >= 0.3 is 0 Å². The summed E-state index contributed by atoms with van der Waals surface area (Å²) in [6, 6.07) is 0. The van der Waals surface area contributed by atoms with Crippen molar-refractivity contribution in [1.82, 2.24) is 0 Å². The van der Waals surface area contributed by atoms with Gasteiger partial charge in [0.05, 0.1) is 6.10 Å². The van der Waals surface area contributed by atoms with Crippen molar-refractivity contribution in [1.29, 1.82) is 0 Å². The molecule has 3 rings (SSSR count). The molecule has 3 aliphatic rings. The first-order valence-electron chi connectivity index (χ1n) is 10.8. The number of hydrogen-bond acceptors (Lipinski definition) is 1. The van der Waals surface area contributed by atoms with E-state index in [9.17, 15) is 0 Å². The Kier molecular flexibility index (Phi) is 6.86. The van der Waals surface area contributed by atoms with Gasteiger partial charge in [-0.25, -0.2) is 0 Å². The SMILES string of the molecule is CCCC1CCC(C2CCC(C3CCC(OC)CC3)CC2)CC1. The molecule has 3 aliphatic carbocycles. The maximum absolute atomic E-state index is 5.55. The lowest BCUT2D eigenvalue weighted by Crippen LogP contribution is -2.30. The average molecular weight is 321 g/mol. The van der Waals surface area contributed by atoms with E-state index in [4.69, 9.17) is 4.74 Å². The summed E-state index contributed by atoms with van der Waals surface area (Å²) in [5.41, 5.74) is 0. The molecule has 134 valence electrons. The minimum atomic E-state index is 0.570. The second-order valence-electron chi connectivity index (χ2n) is 9.02. The van der Waals surface area contributed by atoms with Crippen molar-refractivity contribution in [2.75, 3.05) is 7.11 Å². The van der Waals surface area contributed by atoms with E-state index in [1.807, 2.05) is 7.11 Å². The zero-order chi connectivity index (χ0) is 16.1. The molecule has 0 aliphatic heterocycles. The predicted octanol–water partition coefficient (Wildman–Crippen LogP) is 6.60. The lowest BCUT2D eigenvalue weighted by molar-refractivity contribution is 0.0355. The third-order valence-corrected chi connectivity index (χ3v) is 7.79. The van der Waals surface area contributed by atoms with Crippen LogP contribution in [-0.4, -0.2) is 13.2 Å². The number of hydrogen-bond donors (Lipinski definition) is 0. The van der Waals surface area contributed by atoms with Gasteiger partial charge in [-0.3, -0.25) is 0 Å². The lowest BCUT2D eigenvalue weighted by Gasteiger charge is -2.41. The second-order valence-corrected chi connectivity index (χ2v) is 9.02. The van der Waals surface area contributed by atoms with Gasteiger partial charge in [0.2, 0.25) is 0 Å². The molecule has 0 heterocycles. The van der Waals surface area contributed by atoms with Gasteiger partial charge in [-0.05, 0) is 93.8 Å². The van der Waals surface area contributed by atoms with E-state index >= 15 is 0 Å². The average Bonchev–Trinajstić information content (AvgIpc) is 2.63. The van der Waals surface area contributed by atoms with Gasteiger partial charge in [0.25, 0.3) is 0 Å². The molecule has 0 unspecified atom stereocenters. The standard InChI is InChI=1S/C22H40O/c1-3-4-17-5-7-18(8-6-17)19-9-11-20(12-10-19)21-13-15-22(23-2)16-14-21/h17-22H,3-16H2,1-2H3. The Bertz CT molecular complexity index is 315. The Morgan fingerprint density at radius 3 is 1.39 bits per heavy atom. The molecule has 0 N–H and O–H groups in total. The summed E-state index contributed by atoms with van der Waals surface area (Å²) in [7, 11) is 1.89. The normalized spacial score (nSPS) is 42.5. The molecule has 0 atom stereocenters. The van der Waals surface area contributed by atoms with E-state index < -0.39 is 0 Å². The summed E-state index contributed by atoms with van der Waals surface area (Å²) in [6.07, 6.45) is 21.4. The van der Waals surface area contributed by atoms with Crippen molar-refractivity contribution in [3.8, 4) is 0 Å². The van der Waals surface area contributed by atoms with E-state index in [1.165, 1.54) is 38.5 Å². The van der Waals surface area contributed by atoms with E-state index in [-0.39, 0.29) is 0 Å². The minimum absolute atomic E-state index is 0.570. The maximum Gasteiger partial charge on any atom is 0.0571 e. The van der Waals surface area contributed by atoms with E-state index in [0.717, 1.165) is 29.6 Å². The van der Waals surface area contributed by atoms with Crippen molar-refractivity contribution >= 4 is 0 Å². The highest BCUT2D eigenvalue weighted by atomic mass is 16.5. The zero-order valence-electron chi connectivity index (χ0n) is 15.8. The highest BCUT2D eigenvalue weighted by molar-refractivity contribution is 4.85. The van der Waals surface area contributed by atoms with Crippen LogP contribution in [0, 0.1) is 29.6 Å². The minimum Gasteiger partial charge on any atom is -0.381 e. The Labute approximate surface area is 144 Å². The summed E-state index contributed by atoms with van der Waals surface area (Å²) >= 11 is 0. The lowest BCUT2D eigenvalue weighted by atomic mass is 9.65.